The van der Waals surface area contributed by atoms with Crippen molar-refractivity contribution in [3.05, 3.63) is 59.4 Å². The molecule has 1 aromatic heterocycles. The van der Waals surface area contributed by atoms with Gasteiger partial charge in [-0.15, -0.1) is 0 Å². The number of hydrogen-bond donors (Lipinski definition) is 1. The molecule has 0 unspecified atom stereocenters. The Morgan fingerprint density at radius 3 is 2.29 bits per heavy atom. The first kappa shape index (κ1) is 15.6. The van der Waals surface area contributed by atoms with Gasteiger partial charge >= 0.3 is 0 Å². The average Bonchev–Trinajstić information content (AvgIpc) is 2.86. The Kier molecular flexibility index (Phi) is 3.73. The number of hydrogen-bond acceptors (Lipinski definition) is 5. The Morgan fingerprint density at radius 2 is 1.71 bits per heavy atom. The van der Waals surface area contributed by atoms with E-state index < -0.39 is 11.8 Å². The number of nitrogens with zero attached hydrogens (tertiary/aromatic N) is 2. The standard InChI is InChI=1S/C18H14N2O4/c1-10(21)13-3-4-15-14(9-13)16(18(24)20(15)11(2)22)17(23)12-5-7-19-8-6-12/h3-9,23H,1-2H3. The van der Waals surface area contributed by atoms with Crippen LogP contribution in [0.4, 0.5) is 5.69 Å². The van der Waals surface area contributed by atoms with E-state index in [0.717, 1.165) is 4.90 Å². The molecular formula is C18H14N2O4. The van der Waals surface area contributed by atoms with Crippen molar-refractivity contribution in [3.63, 3.8) is 0 Å². The lowest BCUT2D eigenvalue weighted by molar-refractivity contribution is -0.122. The summed E-state index contributed by atoms with van der Waals surface area (Å²) in [5.74, 6) is -1.51. The van der Waals surface area contributed by atoms with Crippen molar-refractivity contribution in [1.29, 1.82) is 0 Å². The molecule has 2 aromatic rings. The first-order chi connectivity index (χ1) is 11.4. The topological polar surface area (TPSA) is 87.6 Å². The third-order valence-corrected chi connectivity index (χ3v) is 3.84. The van der Waals surface area contributed by atoms with Crippen LogP contribution < -0.4 is 4.90 Å². The van der Waals surface area contributed by atoms with E-state index in [2.05, 4.69) is 4.98 Å². The molecule has 24 heavy (non-hydrogen) atoms. The number of carbonyl (C=O) groups is 3. The molecule has 0 saturated heterocycles. The smallest absolute Gasteiger partial charge is 0.269 e. The van der Waals surface area contributed by atoms with E-state index in [1.165, 1.54) is 38.4 Å². The molecule has 0 saturated carbocycles. The molecule has 6 nitrogen and oxygen atoms in total. The highest BCUT2D eigenvalue weighted by atomic mass is 16.3. The number of Topliss-reactive ketones (excluding diaryl/α,β-unsaturated/α-hetero) is 1. The zero-order chi connectivity index (χ0) is 17.4. The van der Waals surface area contributed by atoms with Crippen LogP contribution >= 0.6 is 0 Å². The van der Waals surface area contributed by atoms with Gasteiger partial charge in [0.15, 0.2) is 5.78 Å². The zero-order valence-electron chi connectivity index (χ0n) is 13.1. The van der Waals surface area contributed by atoms with Gasteiger partial charge in [-0.3, -0.25) is 19.4 Å². The van der Waals surface area contributed by atoms with E-state index in [9.17, 15) is 19.5 Å². The van der Waals surface area contributed by atoms with Gasteiger partial charge in [0.05, 0.1) is 11.3 Å². The molecule has 0 bridgehead atoms. The fraction of sp³-hybridized carbons (Fsp3) is 0.111. The van der Waals surface area contributed by atoms with Crippen molar-refractivity contribution < 1.29 is 19.5 Å². The van der Waals surface area contributed by atoms with Gasteiger partial charge < -0.3 is 5.11 Å². The predicted octanol–water partition coefficient (Wildman–Crippen LogP) is 2.60. The second-order valence-electron chi connectivity index (χ2n) is 5.41. The third-order valence-electron chi connectivity index (χ3n) is 3.84. The number of rotatable bonds is 2. The Bertz CT molecular complexity index is 900. The number of aromatic nitrogens is 1. The van der Waals surface area contributed by atoms with Crippen molar-refractivity contribution >= 4 is 34.6 Å². The Balaban J connectivity index is 2.29. The summed E-state index contributed by atoms with van der Waals surface area (Å²) in [7, 11) is 0. The molecule has 3 rings (SSSR count). The second-order valence-corrected chi connectivity index (χ2v) is 5.41. The molecule has 1 aliphatic rings. The summed E-state index contributed by atoms with van der Waals surface area (Å²) < 4.78 is 0. The summed E-state index contributed by atoms with van der Waals surface area (Å²) in [6.45, 7) is 2.68. The minimum Gasteiger partial charge on any atom is -0.506 e. The van der Waals surface area contributed by atoms with Crippen molar-refractivity contribution in [3.8, 4) is 0 Å². The number of benzene rings is 1. The quantitative estimate of drug-likeness (QED) is 0.521. The highest BCUT2D eigenvalue weighted by molar-refractivity contribution is 6.42. The average molecular weight is 322 g/mol. The molecular weight excluding hydrogens is 308 g/mol. The van der Waals surface area contributed by atoms with E-state index in [1.807, 2.05) is 0 Å². The highest BCUT2D eigenvalue weighted by Gasteiger charge is 2.38. The molecule has 120 valence electrons. The van der Waals surface area contributed by atoms with Crippen LogP contribution in [-0.2, 0) is 9.59 Å². The first-order valence-electron chi connectivity index (χ1n) is 7.26. The van der Waals surface area contributed by atoms with E-state index in [1.54, 1.807) is 18.2 Å². The summed E-state index contributed by atoms with van der Waals surface area (Å²) in [6.07, 6.45) is 2.97. The van der Waals surface area contributed by atoms with Crippen LogP contribution in [0.15, 0.2) is 42.7 Å². The van der Waals surface area contributed by atoms with Crippen LogP contribution in [0.25, 0.3) is 11.3 Å². The third kappa shape index (κ3) is 2.38. The summed E-state index contributed by atoms with van der Waals surface area (Å²) in [5, 5.41) is 10.6. The van der Waals surface area contributed by atoms with E-state index in [4.69, 9.17) is 0 Å². The van der Waals surface area contributed by atoms with Gasteiger partial charge in [-0.2, -0.15) is 0 Å². The monoisotopic (exact) mass is 322 g/mol. The molecule has 0 fully saturated rings. The molecule has 2 heterocycles. The van der Waals surface area contributed by atoms with Gasteiger partial charge in [-0.25, -0.2) is 4.90 Å². The number of carbonyl (C=O) groups excluding carboxylic acids is 3. The minimum atomic E-state index is -0.618. The largest absolute Gasteiger partial charge is 0.506 e. The normalized spacial score (nSPS) is 15.2. The Labute approximate surface area is 138 Å². The second kappa shape index (κ2) is 5.73. The summed E-state index contributed by atoms with van der Waals surface area (Å²) >= 11 is 0. The molecule has 1 aliphatic heterocycles. The van der Waals surface area contributed by atoms with Crippen LogP contribution in [0.2, 0.25) is 0 Å². The predicted molar refractivity (Wildman–Crippen MR) is 88.3 cm³/mol. The maximum absolute atomic E-state index is 12.7. The fourth-order valence-corrected chi connectivity index (χ4v) is 2.68. The number of amides is 2. The molecule has 2 amide bonds. The van der Waals surface area contributed by atoms with Gasteiger partial charge in [-0.05, 0) is 37.3 Å². The van der Waals surface area contributed by atoms with Crippen LogP contribution in [-0.4, -0.2) is 27.7 Å². The molecule has 6 heteroatoms. The molecule has 1 aromatic carbocycles. The van der Waals surface area contributed by atoms with E-state index >= 15 is 0 Å². The lowest BCUT2D eigenvalue weighted by Crippen LogP contribution is -2.31. The summed E-state index contributed by atoms with van der Waals surface area (Å²) in [5.41, 5.74) is 1.50. The lowest BCUT2D eigenvalue weighted by Gasteiger charge is -2.12. The molecule has 0 aliphatic carbocycles. The number of ketones is 1. The zero-order valence-corrected chi connectivity index (χ0v) is 13.1. The Morgan fingerprint density at radius 1 is 1.04 bits per heavy atom. The lowest BCUT2D eigenvalue weighted by atomic mass is 9.99. The van der Waals surface area contributed by atoms with E-state index in [0.29, 0.717) is 22.4 Å². The van der Waals surface area contributed by atoms with Gasteiger partial charge in [0.25, 0.3) is 5.91 Å². The maximum Gasteiger partial charge on any atom is 0.269 e. The van der Waals surface area contributed by atoms with Crippen molar-refractivity contribution in [2.24, 2.45) is 0 Å². The number of anilines is 1. The van der Waals surface area contributed by atoms with Crippen LogP contribution in [0.3, 0.4) is 0 Å². The first-order valence-corrected chi connectivity index (χ1v) is 7.26. The Hall–Kier alpha value is -3.28. The fourth-order valence-electron chi connectivity index (χ4n) is 2.68. The minimum absolute atomic E-state index is 0.00509. The molecule has 0 radical (unpaired) electrons. The summed E-state index contributed by atoms with van der Waals surface area (Å²) in [6, 6.07) is 7.72. The summed E-state index contributed by atoms with van der Waals surface area (Å²) in [4.78, 5) is 41.1. The maximum atomic E-state index is 12.7. The van der Waals surface area contributed by atoms with Crippen molar-refractivity contribution in [2.75, 3.05) is 4.90 Å². The van der Waals surface area contributed by atoms with Crippen LogP contribution in [0.5, 0.6) is 0 Å². The van der Waals surface area contributed by atoms with Gasteiger partial charge in [0.1, 0.15) is 5.76 Å². The highest BCUT2D eigenvalue weighted by Crippen LogP contribution is 2.40. The van der Waals surface area contributed by atoms with Gasteiger partial charge in [-0.1, -0.05) is 0 Å². The molecule has 1 N–H and O–H groups in total. The number of fused-ring (bicyclic) bond motifs is 1. The van der Waals surface area contributed by atoms with Gasteiger partial charge in [0.2, 0.25) is 5.91 Å². The van der Waals surface area contributed by atoms with Crippen LogP contribution in [0, 0.1) is 0 Å². The SMILES string of the molecule is CC(=O)c1ccc2c(c1)C(=C(O)c1ccncc1)C(=O)N2C(C)=O. The molecule has 0 atom stereocenters. The van der Waals surface area contributed by atoms with Crippen molar-refractivity contribution in [1.82, 2.24) is 4.98 Å². The van der Waals surface area contributed by atoms with Gasteiger partial charge in [0, 0.05) is 36.0 Å². The van der Waals surface area contributed by atoms with E-state index in [-0.39, 0.29) is 17.1 Å². The van der Waals surface area contributed by atoms with Crippen molar-refractivity contribution in [2.45, 2.75) is 13.8 Å². The number of imide groups is 1. The molecule has 0 spiro atoms. The number of aliphatic hydroxyl groups is 1. The number of pyridine rings is 1. The number of aliphatic hydroxyl groups excluding tert-OH is 1. The van der Waals surface area contributed by atoms with Crippen LogP contribution in [0.1, 0.15) is 35.3 Å².